The fraction of sp³-hybridized carbons (Fsp3) is 0.500. The first kappa shape index (κ1) is 23.1. The molecule has 2 heterocycles. The van der Waals surface area contributed by atoms with Gasteiger partial charge in [0.2, 0.25) is 0 Å². The second-order valence-electron chi connectivity index (χ2n) is 8.49. The molecule has 33 heavy (non-hydrogen) atoms. The second kappa shape index (κ2) is 9.05. The van der Waals surface area contributed by atoms with Crippen LogP contribution < -0.4 is 11.1 Å². The van der Waals surface area contributed by atoms with Gasteiger partial charge < -0.3 is 16.0 Å². The van der Waals surface area contributed by atoms with E-state index in [9.17, 15) is 27.6 Å². The van der Waals surface area contributed by atoms with Crippen LogP contribution in [0.4, 0.5) is 28.4 Å². The van der Waals surface area contributed by atoms with Crippen molar-refractivity contribution in [3.8, 4) is 0 Å². The number of aromatic nitrogens is 1. The van der Waals surface area contributed by atoms with Crippen molar-refractivity contribution in [2.24, 2.45) is 11.7 Å². The molecule has 3 atom stereocenters. The third-order valence-electron chi connectivity index (χ3n) is 6.23. The first-order valence-electron chi connectivity index (χ1n) is 10.9. The maximum Gasteiger partial charge on any atom is 0.522 e. The lowest BCUT2D eigenvalue weighted by atomic mass is 10.0. The van der Waals surface area contributed by atoms with Gasteiger partial charge in [0.1, 0.15) is 0 Å². The normalized spacial score (nSPS) is 21.8. The molecular weight excluding hydrogens is 441 g/mol. The number of hydrogen-bond acceptors (Lipinski definition) is 4. The first-order valence-corrected chi connectivity index (χ1v) is 10.9. The monoisotopic (exact) mass is 466 g/mol. The van der Waals surface area contributed by atoms with Gasteiger partial charge in [-0.05, 0) is 37.7 Å². The van der Waals surface area contributed by atoms with Crippen molar-refractivity contribution in [3.63, 3.8) is 0 Å². The molecule has 1 saturated heterocycles. The number of alkyl halides is 3. The summed E-state index contributed by atoms with van der Waals surface area (Å²) < 4.78 is 41.0. The van der Waals surface area contributed by atoms with E-state index in [0.717, 1.165) is 6.42 Å². The van der Waals surface area contributed by atoms with E-state index in [1.807, 2.05) is 0 Å². The number of amides is 3. The van der Waals surface area contributed by atoms with Gasteiger partial charge in [0, 0.05) is 24.0 Å². The van der Waals surface area contributed by atoms with Crippen LogP contribution in [0.2, 0.25) is 0 Å². The molecule has 0 bridgehead atoms. The van der Waals surface area contributed by atoms with Crippen LogP contribution in [0, 0.1) is 5.92 Å². The highest BCUT2D eigenvalue weighted by atomic mass is 19.4. The Balaban J connectivity index is 1.36. The number of carbonyl (C=O) groups is 3. The molecule has 2 aliphatic rings. The average Bonchev–Trinajstić information content (AvgIpc) is 3.25. The number of halogens is 3. The van der Waals surface area contributed by atoms with Crippen LogP contribution in [0.15, 0.2) is 30.5 Å². The van der Waals surface area contributed by atoms with Crippen molar-refractivity contribution in [3.05, 3.63) is 30.5 Å². The van der Waals surface area contributed by atoms with Gasteiger partial charge in [-0.3, -0.25) is 14.1 Å². The van der Waals surface area contributed by atoms with Crippen molar-refractivity contribution in [1.82, 2.24) is 9.47 Å². The summed E-state index contributed by atoms with van der Waals surface area (Å²) in [6.45, 7) is -0.432. The van der Waals surface area contributed by atoms with Crippen molar-refractivity contribution >= 4 is 34.4 Å². The molecule has 2 aromatic rings. The number of unbranched alkanes of at least 4 members (excludes halogenated alkanes) is 2. The molecule has 0 spiro atoms. The number of nitrogens with zero attached hydrogens (tertiary/aromatic N) is 2. The van der Waals surface area contributed by atoms with Crippen LogP contribution in [0.5, 0.6) is 0 Å². The van der Waals surface area contributed by atoms with Crippen LogP contribution in [0.1, 0.15) is 38.5 Å². The molecule has 1 aliphatic carbocycles. The lowest BCUT2D eigenvalue weighted by molar-refractivity contribution is -0.324. The van der Waals surface area contributed by atoms with Crippen LogP contribution in [-0.4, -0.2) is 52.4 Å². The first-order chi connectivity index (χ1) is 15.7. The number of rotatable bonds is 8. The predicted octanol–water partition coefficient (Wildman–Crippen LogP) is 4.23. The molecule has 0 radical (unpaired) electrons. The Morgan fingerprint density at radius 1 is 1.12 bits per heavy atom. The Morgan fingerprint density at radius 3 is 2.61 bits per heavy atom. The summed E-state index contributed by atoms with van der Waals surface area (Å²) in [5, 5.41) is 3.48. The third kappa shape index (κ3) is 5.13. The topological polar surface area (TPSA) is 107 Å². The van der Waals surface area contributed by atoms with E-state index in [-0.39, 0.29) is 30.6 Å². The zero-order valence-electron chi connectivity index (χ0n) is 17.8. The number of hydrogen-bond donors (Lipinski definition) is 2. The number of nitrogens with one attached hydrogen (secondary N) is 1. The van der Waals surface area contributed by atoms with E-state index in [4.69, 9.17) is 5.73 Å². The predicted molar refractivity (Wildman–Crippen MR) is 114 cm³/mol. The lowest BCUT2D eigenvalue weighted by Crippen LogP contribution is -2.45. The molecule has 4 rings (SSSR count). The zero-order chi connectivity index (χ0) is 23.8. The molecule has 1 aromatic carbocycles. The lowest BCUT2D eigenvalue weighted by Gasteiger charge is -2.26. The number of para-hydroxylation sites is 1. The molecule has 3 N–H and O–H groups in total. The van der Waals surface area contributed by atoms with E-state index in [2.05, 4.69) is 10.1 Å². The summed E-state index contributed by atoms with van der Waals surface area (Å²) >= 11 is 0. The number of ether oxygens (including phenoxy) is 1. The number of likely N-dealkylation sites (tertiary alicyclic amines) is 1. The van der Waals surface area contributed by atoms with Gasteiger partial charge in [-0.25, -0.2) is 9.59 Å². The molecule has 1 aliphatic heterocycles. The largest absolute Gasteiger partial charge is 0.522 e. The summed E-state index contributed by atoms with van der Waals surface area (Å²) in [5.74, 6) is 0.200. The van der Waals surface area contributed by atoms with E-state index in [1.54, 1.807) is 29.2 Å². The number of piperidine rings is 1. The second-order valence-corrected chi connectivity index (χ2v) is 8.49. The minimum absolute atomic E-state index is 0.00336. The number of fused-ring (bicyclic) bond motifs is 2. The standard InChI is InChI=1S/C22H25F3N4O4/c23-22(24,25)33-9-5-1-2-8-19(30)18-11-13-10-17(13)29(18)21(32)27-15-12-28(20(26)31)16-7-4-3-6-14(15)16/h3-4,6-7,12-13,17-18H,1-2,5,8-11H2,(H2,26,31)(H,27,32)/t13-,17-,18+/m1/s1. The molecule has 178 valence electrons. The quantitative estimate of drug-likeness (QED) is 0.568. The fourth-order valence-electron chi connectivity index (χ4n) is 4.61. The SMILES string of the molecule is NC(=O)n1cc(NC(=O)N2[C@@H]3C[C@@H]3C[C@H]2C(=O)CCCCCOC(F)(F)F)c2ccccc21. The molecular formula is C22H25F3N4O4. The number of ketones is 1. The van der Waals surface area contributed by atoms with Gasteiger partial charge in [-0.2, -0.15) is 0 Å². The summed E-state index contributed by atoms with van der Waals surface area (Å²) in [5.41, 5.74) is 6.42. The number of benzene rings is 1. The molecule has 1 aromatic heterocycles. The van der Waals surface area contributed by atoms with E-state index >= 15 is 0 Å². The van der Waals surface area contributed by atoms with Crippen LogP contribution in [-0.2, 0) is 9.53 Å². The summed E-state index contributed by atoms with van der Waals surface area (Å²) in [6.07, 6.45) is -0.471. The van der Waals surface area contributed by atoms with E-state index in [1.165, 1.54) is 10.8 Å². The zero-order valence-corrected chi connectivity index (χ0v) is 17.8. The molecule has 2 fully saturated rings. The molecule has 8 nitrogen and oxygen atoms in total. The molecule has 3 amide bonds. The molecule has 1 saturated carbocycles. The van der Waals surface area contributed by atoms with Gasteiger partial charge in [0.15, 0.2) is 5.78 Å². The van der Waals surface area contributed by atoms with Gasteiger partial charge in [0.05, 0.1) is 23.9 Å². The van der Waals surface area contributed by atoms with Crippen molar-refractivity contribution < 1.29 is 32.3 Å². The summed E-state index contributed by atoms with van der Waals surface area (Å²) in [6, 6.07) is 5.38. The van der Waals surface area contributed by atoms with Gasteiger partial charge in [-0.15, -0.1) is 13.2 Å². The summed E-state index contributed by atoms with van der Waals surface area (Å²) in [4.78, 5) is 39.2. The summed E-state index contributed by atoms with van der Waals surface area (Å²) in [7, 11) is 0. The van der Waals surface area contributed by atoms with Crippen LogP contribution >= 0.6 is 0 Å². The highest BCUT2D eigenvalue weighted by Gasteiger charge is 2.55. The van der Waals surface area contributed by atoms with E-state index < -0.39 is 31.1 Å². The Bertz CT molecular complexity index is 1070. The van der Waals surface area contributed by atoms with Crippen molar-refractivity contribution in [2.75, 3.05) is 11.9 Å². The number of primary amides is 1. The Labute approximate surface area is 187 Å². The molecule has 0 unspecified atom stereocenters. The van der Waals surface area contributed by atoms with Gasteiger partial charge in [0.25, 0.3) is 0 Å². The Kier molecular flexibility index (Phi) is 6.33. The maximum atomic E-state index is 13.1. The minimum Gasteiger partial charge on any atom is -0.351 e. The van der Waals surface area contributed by atoms with Gasteiger partial charge >= 0.3 is 18.4 Å². The highest BCUT2D eigenvalue weighted by Crippen LogP contribution is 2.48. The average molecular weight is 466 g/mol. The van der Waals surface area contributed by atoms with Crippen molar-refractivity contribution in [2.45, 2.75) is 57.0 Å². The van der Waals surface area contributed by atoms with Gasteiger partial charge in [-0.1, -0.05) is 24.6 Å². The number of Topliss-reactive ketones (excluding diaryl/α,β-unsaturated/α-hetero) is 1. The fourth-order valence-corrected chi connectivity index (χ4v) is 4.61. The van der Waals surface area contributed by atoms with E-state index in [0.29, 0.717) is 35.9 Å². The van der Waals surface area contributed by atoms with Crippen LogP contribution in [0.25, 0.3) is 10.9 Å². The minimum atomic E-state index is -4.64. The smallest absolute Gasteiger partial charge is 0.351 e. The van der Waals surface area contributed by atoms with Crippen molar-refractivity contribution in [1.29, 1.82) is 0 Å². The Hall–Kier alpha value is -3.08. The molecule has 11 heteroatoms. The van der Waals surface area contributed by atoms with Crippen LogP contribution in [0.3, 0.4) is 0 Å². The highest BCUT2D eigenvalue weighted by molar-refractivity contribution is 6.05. The third-order valence-corrected chi connectivity index (χ3v) is 6.23. The number of urea groups is 1. The number of anilines is 1. The maximum absolute atomic E-state index is 13.1. The Morgan fingerprint density at radius 2 is 1.88 bits per heavy atom. The number of nitrogens with two attached hydrogens (primary N) is 1. The number of carbonyl (C=O) groups excluding carboxylic acids is 3.